The molecule has 2 atom stereocenters. The molecule has 1 aliphatic rings. The van der Waals surface area contributed by atoms with Crippen LogP contribution in [0.15, 0.2) is 54.6 Å². The standard InChI is InChI=1S/C20H25NO3S/c1-15(2)25(23,24)21-19-9-6-14-20(19,22)18-12-10-17(11-13-18)16-7-4-3-5-8-16/h3-5,7-8,10-13,15,19,21-22H,6,9,14H2,1-2H3/t19-,20-/m1/s1. The Morgan fingerprint density at radius 3 is 2.24 bits per heavy atom. The van der Waals surface area contributed by atoms with Gasteiger partial charge in [0.1, 0.15) is 5.60 Å². The third kappa shape index (κ3) is 3.64. The molecular formula is C20H25NO3S. The molecule has 0 aliphatic heterocycles. The van der Waals surface area contributed by atoms with E-state index in [1.54, 1.807) is 13.8 Å². The van der Waals surface area contributed by atoms with Gasteiger partial charge in [-0.2, -0.15) is 0 Å². The van der Waals surface area contributed by atoms with Gasteiger partial charge in [0.25, 0.3) is 0 Å². The Labute approximate surface area is 150 Å². The molecule has 0 unspecified atom stereocenters. The van der Waals surface area contributed by atoms with E-state index in [1.807, 2.05) is 54.6 Å². The van der Waals surface area contributed by atoms with Gasteiger partial charge in [0.05, 0.1) is 11.3 Å². The quantitative estimate of drug-likeness (QED) is 0.860. The molecule has 3 rings (SSSR count). The maximum absolute atomic E-state index is 12.2. The minimum atomic E-state index is -3.42. The Morgan fingerprint density at radius 1 is 1.04 bits per heavy atom. The van der Waals surface area contributed by atoms with Crippen LogP contribution in [0.4, 0.5) is 0 Å². The Kier molecular flexibility index (Phi) is 5.00. The number of hydrogen-bond donors (Lipinski definition) is 2. The van der Waals surface area contributed by atoms with Crippen molar-refractivity contribution in [2.75, 3.05) is 0 Å². The van der Waals surface area contributed by atoms with E-state index in [2.05, 4.69) is 4.72 Å². The van der Waals surface area contributed by atoms with Crippen LogP contribution in [0.1, 0.15) is 38.7 Å². The van der Waals surface area contributed by atoms with Crippen molar-refractivity contribution >= 4 is 10.0 Å². The lowest BCUT2D eigenvalue weighted by atomic mass is 9.88. The second-order valence-corrected chi connectivity index (χ2v) is 9.29. The fraction of sp³-hybridized carbons (Fsp3) is 0.400. The molecular weight excluding hydrogens is 334 g/mol. The molecule has 0 radical (unpaired) electrons. The smallest absolute Gasteiger partial charge is 0.214 e. The number of sulfonamides is 1. The molecule has 0 aromatic heterocycles. The first-order chi connectivity index (χ1) is 11.8. The number of hydrogen-bond acceptors (Lipinski definition) is 3. The highest BCUT2D eigenvalue weighted by Crippen LogP contribution is 2.40. The normalized spacial score (nSPS) is 23.9. The molecule has 2 aromatic carbocycles. The second-order valence-electron chi connectivity index (χ2n) is 7.02. The first kappa shape index (κ1) is 18.1. The van der Waals surface area contributed by atoms with Gasteiger partial charge in [0, 0.05) is 0 Å². The highest BCUT2D eigenvalue weighted by molar-refractivity contribution is 7.90. The average molecular weight is 359 g/mol. The first-order valence-corrected chi connectivity index (χ1v) is 10.3. The van der Waals surface area contributed by atoms with E-state index in [-0.39, 0.29) is 0 Å². The minimum absolute atomic E-state index is 0.484. The molecule has 1 aliphatic carbocycles. The van der Waals surface area contributed by atoms with Crippen molar-refractivity contribution in [3.63, 3.8) is 0 Å². The van der Waals surface area contributed by atoms with E-state index in [4.69, 9.17) is 0 Å². The minimum Gasteiger partial charge on any atom is -0.383 e. The highest BCUT2D eigenvalue weighted by Gasteiger charge is 2.44. The Morgan fingerprint density at radius 2 is 1.64 bits per heavy atom. The molecule has 0 amide bonds. The largest absolute Gasteiger partial charge is 0.383 e. The van der Waals surface area contributed by atoms with Gasteiger partial charge in [-0.25, -0.2) is 13.1 Å². The van der Waals surface area contributed by atoms with Crippen LogP contribution in [-0.2, 0) is 15.6 Å². The monoisotopic (exact) mass is 359 g/mol. The summed E-state index contributed by atoms with van der Waals surface area (Å²) in [4.78, 5) is 0. The van der Waals surface area contributed by atoms with Gasteiger partial charge >= 0.3 is 0 Å². The summed E-state index contributed by atoms with van der Waals surface area (Å²) in [5, 5.41) is 10.7. The fourth-order valence-electron chi connectivity index (χ4n) is 3.41. The maximum atomic E-state index is 12.2. The van der Waals surface area contributed by atoms with Crippen LogP contribution in [0.5, 0.6) is 0 Å². The van der Waals surface area contributed by atoms with Crippen LogP contribution in [-0.4, -0.2) is 24.8 Å². The Balaban J connectivity index is 1.86. The fourth-order valence-corrected chi connectivity index (χ4v) is 4.39. The van der Waals surface area contributed by atoms with Gasteiger partial charge in [0.15, 0.2) is 0 Å². The summed E-state index contributed by atoms with van der Waals surface area (Å²) in [7, 11) is -3.42. The summed E-state index contributed by atoms with van der Waals surface area (Å²) in [6.45, 7) is 3.29. The molecule has 134 valence electrons. The van der Waals surface area contributed by atoms with Crippen molar-refractivity contribution in [3.8, 4) is 11.1 Å². The van der Waals surface area contributed by atoms with Crippen LogP contribution in [0.2, 0.25) is 0 Å². The van der Waals surface area contributed by atoms with Gasteiger partial charge in [-0.05, 0) is 49.8 Å². The lowest BCUT2D eigenvalue weighted by molar-refractivity contribution is 0.0231. The summed E-state index contributed by atoms with van der Waals surface area (Å²) < 4.78 is 27.2. The van der Waals surface area contributed by atoms with E-state index in [9.17, 15) is 13.5 Å². The summed E-state index contributed by atoms with van der Waals surface area (Å²) in [5.41, 5.74) is 1.80. The number of aliphatic hydroxyl groups is 1. The maximum Gasteiger partial charge on any atom is 0.214 e. The summed E-state index contributed by atoms with van der Waals surface area (Å²) in [5.74, 6) is 0. The third-order valence-electron chi connectivity index (χ3n) is 5.05. The molecule has 2 N–H and O–H groups in total. The van der Waals surface area contributed by atoms with Gasteiger partial charge in [-0.3, -0.25) is 0 Å². The number of rotatable bonds is 5. The molecule has 2 aromatic rings. The Bertz CT molecular complexity index is 816. The van der Waals surface area contributed by atoms with Crippen LogP contribution in [0.3, 0.4) is 0 Å². The van der Waals surface area contributed by atoms with Crippen molar-refractivity contribution in [2.24, 2.45) is 0 Å². The predicted molar refractivity (Wildman–Crippen MR) is 101 cm³/mol. The van der Waals surface area contributed by atoms with Gasteiger partial charge < -0.3 is 5.11 Å². The highest BCUT2D eigenvalue weighted by atomic mass is 32.2. The molecule has 4 nitrogen and oxygen atoms in total. The van der Waals surface area contributed by atoms with Crippen molar-refractivity contribution in [2.45, 2.75) is 50.0 Å². The first-order valence-electron chi connectivity index (χ1n) is 8.72. The third-order valence-corrected chi connectivity index (χ3v) is 6.90. The Hall–Kier alpha value is -1.69. The predicted octanol–water partition coefficient (Wildman–Crippen LogP) is 3.42. The lowest BCUT2D eigenvalue weighted by Crippen LogP contribution is -2.48. The topological polar surface area (TPSA) is 66.4 Å². The van der Waals surface area contributed by atoms with E-state index < -0.39 is 26.9 Å². The second kappa shape index (κ2) is 6.90. The summed E-state index contributed by atoms with van der Waals surface area (Å²) in [6, 6.07) is 17.3. The zero-order valence-corrected chi connectivity index (χ0v) is 15.5. The summed E-state index contributed by atoms with van der Waals surface area (Å²) in [6.07, 6.45) is 1.99. The number of nitrogens with one attached hydrogen (secondary N) is 1. The van der Waals surface area contributed by atoms with Crippen molar-refractivity contribution in [1.82, 2.24) is 4.72 Å². The van der Waals surface area contributed by atoms with Crippen LogP contribution in [0, 0.1) is 0 Å². The van der Waals surface area contributed by atoms with E-state index >= 15 is 0 Å². The van der Waals surface area contributed by atoms with Crippen LogP contribution in [0.25, 0.3) is 11.1 Å². The van der Waals surface area contributed by atoms with Crippen molar-refractivity contribution < 1.29 is 13.5 Å². The van der Waals surface area contributed by atoms with Gasteiger partial charge in [-0.15, -0.1) is 0 Å². The van der Waals surface area contributed by atoms with Crippen LogP contribution < -0.4 is 4.72 Å². The average Bonchev–Trinajstić information content (AvgIpc) is 2.97. The molecule has 1 saturated carbocycles. The molecule has 25 heavy (non-hydrogen) atoms. The lowest BCUT2D eigenvalue weighted by Gasteiger charge is -2.31. The molecule has 0 spiro atoms. The molecule has 0 saturated heterocycles. The van der Waals surface area contributed by atoms with Crippen LogP contribution >= 0.6 is 0 Å². The summed E-state index contributed by atoms with van der Waals surface area (Å²) >= 11 is 0. The molecule has 0 bridgehead atoms. The SMILES string of the molecule is CC(C)S(=O)(=O)N[C@@H]1CCC[C@@]1(O)c1ccc(-c2ccccc2)cc1. The van der Waals surface area contributed by atoms with Gasteiger partial charge in [0.2, 0.25) is 10.0 Å². The van der Waals surface area contributed by atoms with E-state index in [1.165, 1.54) is 0 Å². The van der Waals surface area contributed by atoms with E-state index in [0.717, 1.165) is 23.1 Å². The molecule has 5 heteroatoms. The zero-order valence-electron chi connectivity index (χ0n) is 14.6. The van der Waals surface area contributed by atoms with Crippen molar-refractivity contribution in [3.05, 3.63) is 60.2 Å². The zero-order chi connectivity index (χ0) is 18.1. The molecule has 1 fully saturated rings. The van der Waals surface area contributed by atoms with Crippen molar-refractivity contribution in [1.29, 1.82) is 0 Å². The van der Waals surface area contributed by atoms with E-state index in [0.29, 0.717) is 12.8 Å². The van der Waals surface area contributed by atoms with Gasteiger partial charge in [-0.1, -0.05) is 54.6 Å². The molecule has 0 heterocycles. The number of benzene rings is 2.